The van der Waals surface area contributed by atoms with Gasteiger partial charge in [0.1, 0.15) is 5.38 Å². The second-order valence-corrected chi connectivity index (χ2v) is 4.61. The number of thiophene rings is 1. The normalized spacial score (nSPS) is 13.0. The zero-order valence-corrected chi connectivity index (χ0v) is 9.18. The molecule has 0 radical (unpaired) electrons. The summed E-state index contributed by atoms with van der Waals surface area (Å²) in [5.41, 5.74) is 0. The largest absolute Gasteiger partial charge is 0.338 e. The zero-order chi connectivity index (χ0) is 9.97. The van der Waals surface area contributed by atoms with Crippen LogP contribution in [0.25, 0.3) is 0 Å². The van der Waals surface area contributed by atoms with E-state index in [2.05, 4.69) is 10.1 Å². The van der Waals surface area contributed by atoms with E-state index < -0.39 is 0 Å². The van der Waals surface area contributed by atoms with E-state index in [0.29, 0.717) is 18.1 Å². The topological polar surface area (TPSA) is 38.9 Å². The van der Waals surface area contributed by atoms with Crippen LogP contribution < -0.4 is 0 Å². The summed E-state index contributed by atoms with van der Waals surface area (Å²) in [6.07, 6.45) is 0.713. The third-order valence-electron chi connectivity index (χ3n) is 1.74. The number of rotatable bonds is 3. The maximum absolute atomic E-state index is 5.80. The van der Waals surface area contributed by atoms with Crippen molar-refractivity contribution in [2.45, 2.75) is 18.7 Å². The summed E-state index contributed by atoms with van der Waals surface area (Å²) in [5.74, 6) is 1.17. The van der Waals surface area contributed by atoms with Gasteiger partial charge in [-0.25, -0.2) is 0 Å². The number of hydrogen-bond acceptors (Lipinski definition) is 4. The van der Waals surface area contributed by atoms with Gasteiger partial charge >= 0.3 is 0 Å². The third kappa shape index (κ3) is 2.13. The van der Waals surface area contributed by atoms with E-state index in [0.717, 1.165) is 0 Å². The molecule has 2 aromatic heterocycles. The van der Waals surface area contributed by atoms with E-state index in [-0.39, 0.29) is 5.38 Å². The van der Waals surface area contributed by atoms with Gasteiger partial charge < -0.3 is 4.52 Å². The maximum atomic E-state index is 5.80. The first-order chi connectivity index (χ1) is 6.75. The van der Waals surface area contributed by atoms with Crippen LogP contribution in [0.4, 0.5) is 0 Å². The van der Waals surface area contributed by atoms with Crippen molar-refractivity contribution in [1.29, 1.82) is 0 Å². The lowest BCUT2D eigenvalue weighted by atomic mass is 10.3. The Bertz CT molecular complexity index is 397. The van der Waals surface area contributed by atoms with Gasteiger partial charge in [-0.1, -0.05) is 11.2 Å². The smallest absolute Gasteiger partial charge is 0.244 e. The van der Waals surface area contributed by atoms with Crippen molar-refractivity contribution in [3.8, 4) is 0 Å². The van der Waals surface area contributed by atoms with Crippen molar-refractivity contribution < 1.29 is 4.52 Å². The standard InChI is InChI=1S/C9H9ClN2OS/c1-6(10)9-11-8(12-13-9)5-7-3-2-4-14-7/h2-4,6H,5H2,1H3. The fourth-order valence-corrected chi connectivity index (χ4v) is 1.86. The van der Waals surface area contributed by atoms with Crippen LogP contribution in [0.15, 0.2) is 22.0 Å². The van der Waals surface area contributed by atoms with Crippen LogP contribution in [-0.4, -0.2) is 10.1 Å². The first-order valence-corrected chi connectivity index (χ1v) is 5.56. The van der Waals surface area contributed by atoms with E-state index >= 15 is 0 Å². The van der Waals surface area contributed by atoms with Crippen molar-refractivity contribution >= 4 is 22.9 Å². The third-order valence-corrected chi connectivity index (χ3v) is 2.80. The van der Waals surface area contributed by atoms with Crippen LogP contribution in [0.5, 0.6) is 0 Å². The minimum Gasteiger partial charge on any atom is -0.338 e. The van der Waals surface area contributed by atoms with Gasteiger partial charge in [-0.2, -0.15) is 4.98 Å². The molecule has 14 heavy (non-hydrogen) atoms. The van der Waals surface area contributed by atoms with E-state index in [1.807, 2.05) is 24.4 Å². The zero-order valence-electron chi connectivity index (χ0n) is 7.61. The van der Waals surface area contributed by atoms with Crippen LogP contribution in [0.2, 0.25) is 0 Å². The lowest BCUT2D eigenvalue weighted by Gasteiger charge is -1.90. The summed E-state index contributed by atoms with van der Waals surface area (Å²) in [5, 5.41) is 5.65. The fourth-order valence-electron chi connectivity index (χ4n) is 1.07. The van der Waals surface area contributed by atoms with Gasteiger partial charge in [-0.05, 0) is 18.4 Å². The Morgan fingerprint density at radius 2 is 2.50 bits per heavy atom. The lowest BCUT2D eigenvalue weighted by molar-refractivity contribution is 0.374. The molecule has 0 N–H and O–H groups in total. The molecule has 0 aliphatic carbocycles. The number of nitrogens with zero attached hydrogens (tertiary/aromatic N) is 2. The van der Waals surface area contributed by atoms with Gasteiger partial charge in [0.25, 0.3) is 0 Å². The molecular formula is C9H9ClN2OS. The van der Waals surface area contributed by atoms with E-state index in [9.17, 15) is 0 Å². The highest BCUT2D eigenvalue weighted by atomic mass is 35.5. The average molecular weight is 229 g/mol. The Morgan fingerprint density at radius 3 is 3.07 bits per heavy atom. The first-order valence-electron chi connectivity index (χ1n) is 4.24. The Labute approximate surface area is 90.7 Å². The molecule has 3 nitrogen and oxygen atoms in total. The average Bonchev–Trinajstić information content (AvgIpc) is 2.75. The molecule has 0 amide bonds. The molecule has 74 valence electrons. The molecule has 5 heteroatoms. The Hall–Kier alpha value is -0.870. The quantitative estimate of drug-likeness (QED) is 0.758. The monoisotopic (exact) mass is 228 g/mol. The van der Waals surface area contributed by atoms with Gasteiger partial charge in [-0.3, -0.25) is 0 Å². The number of alkyl halides is 1. The molecule has 0 bridgehead atoms. The number of halogens is 1. The van der Waals surface area contributed by atoms with Crippen molar-refractivity contribution in [3.05, 3.63) is 34.1 Å². The van der Waals surface area contributed by atoms with E-state index in [1.54, 1.807) is 11.3 Å². The highest BCUT2D eigenvalue weighted by Gasteiger charge is 2.11. The second kappa shape index (κ2) is 4.11. The Morgan fingerprint density at radius 1 is 1.64 bits per heavy atom. The van der Waals surface area contributed by atoms with Crippen molar-refractivity contribution in [2.24, 2.45) is 0 Å². The molecule has 0 spiro atoms. The molecule has 0 saturated heterocycles. The molecule has 1 atom stereocenters. The fraction of sp³-hybridized carbons (Fsp3) is 0.333. The molecule has 0 aromatic carbocycles. The first kappa shape index (κ1) is 9.68. The minimum absolute atomic E-state index is 0.223. The van der Waals surface area contributed by atoms with Crippen molar-refractivity contribution in [1.82, 2.24) is 10.1 Å². The highest BCUT2D eigenvalue weighted by Crippen LogP contribution is 2.18. The maximum Gasteiger partial charge on any atom is 0.244 e. The predicted octanol–water partition coefficient (Wildman–Crippen LogP) is 3.02. The summed E-state index contributed by atoms with van der Waals surface area (Å²) >= 11 is 7.49. The van der Waals surface area contributed by atoms with E-state index in [1.165, 1.54) is 4.88 Å². The molecule has 2 rings (SSSR count). The molecule has 0 saturated carbocycles. The summed E-state index contributed by atoms with van der Waals surface area (Å²) in [4.78, 5) is 5.40. The lowest BCUT2D eigenvalue weighted by Crippen LogP contribution is -1.89. The molecule has 2 heterocycles. The predicted molar refractivity (Wildman–Crippen MR) is 55.7 cm³/mol. The Kier molecular flexibility index (Phi) is 2.84. The number of aromatic nitrogens is 2. The van der Waals surface area contributed by atoms with Crippen molar-refractivity contribution in [2.75, 3.05) is 0 Å². The van der Waals surface area contributed by atoms with Crippen LogP contribution in [0.3, 0.4) is 0 Å². The second-order valence-electron chi connectivity index (χ2n) is 2.92. The molecule has 2 aromatic rings. The summed E-state index contributed by atoms with van der Waals surface area (Å²) < 4.78 is 4.99. The number of hydrogen-bond donors (Lipinski definition) is 0. The summed E-state index contributed by atoms with van der Waals surface area (Å²) in [7, 11) is 0. The van der Waals surface area contributed by atoms with Gasteiger partial charge in [0.2, 0.25) is 5.89 Å². The van der Waals surface area contributed by atoms with Crippen LogP contribution in [0, 0.1) is 0 Å². The minimum atomic E-state index is -0.223. The summed E-state index contributed by atoms with van der Waals surface area (Å²) in [6, 6.07) is 4.05. The molecular weight excluding hydrogens is 220 g/mol. The summed E-state index contributed by atoms with van der Waals surface area (Å²) in [6.45, 7) is 1.81. The van der Waals surface area contributed by atoms with Gasteiger partial charge in [0.15, 0.2) is 5.82 Å². The molecule has 0 aliphatic heterocycles. The van der Waals surface area contributed by atoms with E-state index in [4.69, 9.17) is 16.1 Å². The van der Waals surface area contributed by atoms with Gasteiger partial charge in [0, 0.05) is 11.3 Å². The van der Waals surface area contributed by atoms with Crippen LogP contribution >= 0.6 is 22.9 Å². The SMILES string of the molecule is CC(Cl)c1nc(Cc2cccs2)no1. The molecule has 0 aliphatic rings. The molecule has 1 unspecified atom stereocenters. The van der Waals surface area contributed by atoms with Crippen LogP contribution in [-0.2, 0) is 6.42 Å². The van der Waals surface area contributed by atoms with Gasteiger partial charge in [0.05, 0.1) is 0 Å². The van der Waals surface area contributed by atoms with Crippen LogP contribution in [0.1, 0.15) is 28.9 Å². The molecule has 0 fully saturated rings. The highest BCUT2D eigenvalue weighted by molar-refractivity contribution is 7.09. The Balaban J connectivity index is 2.11. The van der Waals surface area contributed by atoms with Crippen molar-refractivity contribution in [3.63, 3.8) is 0 Å². The van der Waals surface area contributed by atoms with Gasteiger partial charge in [-0.15, -0.1) is 22.9 Å².